The molecule has 1 saturated heterocycles. The predicted molar refractivity (Wildman–Crippen MR) is 48.5 cm³/mol. The Labute approximate surface area is 87.4 Å². The van der Waals surface area contributed by atoms with E-state index in [1.54, 1.807) is 0 Å². The molecule has 0 aromatic heterocycles. The average molecular weight is 223 g/mol. The SMILES string of the molecule is CON(C)[C@@H]1OC(CO)[C@@H](O)C(O)C1O. The summed E-state index contributed by atoms with van der Waals surface area (Å²) in [5.41, 5.74) is 0. The van der Waals surface area contributed by atoms with Crippen molar-refractivity contribution in [2.75, 3.05) is 20.8 Å². The molecular formula is C8H17NO6. The third kappa shape index (κ3) is 2.45. The molecule has 15 heavy (non-hydrogen) atoms. The number of ether oxygens (including phenoxy) is 1. The highest BCUT2D eigenvalue weighted by molar-refractivity contribution is 4.90. The Morgan fingerprint density at radius 1 is 1.20 bits per heavy atom. The van der Waals surface area contributed by atoms with E-state index in [1.807, 2.05) is 0 Å². The fourth-order valence-electron chi connectivity index (χ4n) is 1.49. The fourth-order valence-corrected chi connectivity index (χ4v) is 1.49. The van der Waals surface area contributed by atoms with Crippen molar-refractivity contribution in [2.45, 2.75) is 30.6 Å². The Kier molecular flexibility index (Phi) is 4.41. The Bertz CT molecular complexity index is 202. The van der Waals surface area contributed by atoms with Crippen LogP contribution in [0, 0.1) is 0 Å². The van der Waals surface area contributed by atoms with Gasteiger partial charge < -0.3 is 25.2 Å². The molecule has 0 amide bonds. The molecule has 0 aliphatic carbocycles. The highest BCUT2D eigenvalue weighted by atomic mass is 16.7. The van der Waals surface area contributed by atoms with Gasteiger partial charge in [0.25, 0.3) is 0 Å². The molecule has 7 nitrogen and oxygen atoms in total. The summed E-state index contributed by atoms with van der Waals surface area (Å²) in [6.07, 6.45) is -5.85. The molecule has 4 N–H and O–H groups in total. The Balaban J connectivity index is 2.74. The minimum atomic E-state index is -1.38. The van der Waals surface area contributed by atoms with E-state index in [0.29, 0.717) is 0 Å². The van der Waals surface area contributed by atoms with E-state index < -0.39 is 37.3 Å². The van der Waals surface area contributed by atoms with Gasteiger partial charge in [0.2, 0.25) is 0 Å². The monoisotopic (exact) mass is 223 g/mol. The second-order valence-electron chi connectivity index (χ2n) is 3.45. The van der Waals surface area contributed by atoms with Gasteiger partial charge in [-0.05, 0) is 0 Å². The first-order valence-electron chi connectivity index (χ1n) is 4.60. The van der Waals surface area contributed by atoms with Crippen molar-refractivity contribution < 1.29 is 30.0 Å². The number of nitrogens with zero attached hydrogens (tertiary/aromatic N) is 1. The zero-order chi connectivity index (χ0) is 11.6. The van der Waals surface area contributed by atoms with E-state index in [1.165, 1.54) is 19.2 Å². The molecule has 0 radical (unpaired) electrons. The lowest BCUT2D eigenvalue weighted by Gasteiger charge is -2.42. The van der Waals surface area contributed by atoms with Crippen molar-refractivity contribution in [1.29, 1.82) is 0 Å². The minimum absolute atomic E-state index is 0.445. The van der Waals surface area contributed by atoms with Gasteiger partial charge in [-0.2, -0.15) is 5.06 Å². The van der Waals surface area contributed by atoms with Crippen LogP contribution < -0.4 is 0 Å². The Hall–Kier alpha value is -0.280. The maximum atomic E-state index is 9.58. The van der Waals surface area contributed by atoms with E-state index in [9.17, 15) is 15.3 Å². The molecule has 90 valence electrons. The number of hydroxylamine groups is 2. The summed E-state index contributed by atoms with van der Waals surface area (Å²) in [5, 5.41) is 38.6. The molecule has 7 heteroatoms. The smallest absolute Gasteiger partial charge is 0.161 e. The van der Waals surface area contributed by atoms with Gasteiger partial charge in [0.15, 0.2) is 6.23 Å². The van der Waals surface area contributed by atoms with Crippen LogP contribution in [0.5, 0.6) is 0 Å². The second kappa shape index (κ2) is 5.17. The van der Waals surface area contributed by atoms with Crippen molar-refractivity contribution >= 4 is 0 Å². The van der Waals surface area contributed by atoms with E-state index >= 15 is 0 Å². The van der Waals surface area contributed by atoms with Crippen LogP contribution in [0.4, 0.5) is 0 Å². The van der Waals surface area contributed by atoms with Crippen molar-refractivity contribution in [3.8, 4) is 0 Å². The molecule has 0 aromatic rings. The number of hydrogen-bond acceptors (Lipinski definition) is 7. The van der Waals surface area contributed by atoms with E-state index in [-0.39, 0.29) is 0 Å². The van der Waals surface area contributed by atoms with Gasteiger partial charge in [-0.3, -0.25) is 4.84 Å². The third-order valence-corrected chi connectivity index (χ3v) is 2.51. The van der Waals surface area contributed by atoms with Gasteiger partial charge in [-0.25, -0.2) is 0 Å². The first-order chi connectivity index (χ1) is 7.02. The molecular weight excluding hydrogens is 206 g/mol. The molecule has 1 aliphatic rings. The lowest BCUT2D eigenvalue weighted by Crippen LogP contribution is -2.62. The molecule has 0 aromatic carbocycles. The van der Waals surface area contributed by atoms with Gasteiger partial charge in [0.1, 0.15) is 24.4 Å². The van der Waals surface area contributed by atoms with Crippen LogP contribution in [0.15, 0.2) is 0 Å². The predicted octanol–water partition coefficient (Wildman–Crippen LogP) is -2.72. The zero-order valence-electron chi connectivity index (χ0n) is 8.65. The van der Waals surface area contributed by atoms with E-state index in [2.05, 4.69) is 0 Å². The quantitative estimate of drug-likeness (QED) is 0.385. The number of rotatable bonds is 3. The van der Waals surface area contributed by atoms with Crippen molar-refractivity contribution in [2.24, 2.45) is 0 Å². The lowest BCUT2D eigenvalue weighted by atomic mass is 9.98. The summed E-state index contributed by atoms with van der Waals surface area (Å²) in [4.78, 5) is 4.81. The van der Waals surface area contributed by atoms with Crippen molar-refractivity contribution in [1.82, 2.24) is 5.06 Å². The normalized spacial score (nSPS) is 42.2. The molecule has 3 unspecified atom stereocenters. The zero-order valence-corrected chi connectivity index (χ0v) is 8.65. The molecule has 1 aliphatic heterocycles. The first kappa shape index (κ1) is 12.8. The molecule has 0 saturated carbocycles. The van der Waals surface area contributed by atoms with Crippen LogP contribution in [0.1, 0.15) is 0 Å². The van der Waals surface area contributed by atoms with Gasteiger partial charge >= 0.3 is 0 Å². The van der Waals surface area contributed by atoms with Gasteiger partial charge in [-0.15, -0.1) is 0 Å². The summed E-state index contributed by atoms with van der Waals surface area (Å²) < 4.78 is 5.17. The van der Waals surface area contributed by atoms with Crippen LogP contribution in [-0.4, -0.2) is 76.9 Å². The molecule has 0 spiro atoms. The summed E-state index contributed by atoms with van der Waals surface area (Å²) in [6.45, 7) is -0.445. The summed E-state index contributed by atoms with van der Waals surface area (Å²) in [6, 6.07) is 0. The highest BCUT2D eigenvalue weighted by Crippen LogP contribution is 2.22. The first-order valence-corrected chi connectivity index (χ1v) is 4.60. The minimum Gasteiger partial charge on any atom is -0.394 e. The largest absolute Gasteiger partial charge is 0.394 e. The summed E-state index contributed by atoms with van der Waals surface area (Å²) in [7, 11) is 2.88. The highest BCUT2D eigenvalue weighted by Gasteiger charge is 2.45. The topological polar surface area (TPSA) is 103 Å². The van der Waals surface area contributed by atoms with E-state index in [4.69, 9.17) is 14.7 Å². The number of aliphatic hydroxyl groups is 4. The molecule has 1 fully saturated rings. The molecule has 0 bridgehead atoms. The third-order valence-electron chi connectivity index (χ3n) is 2.51. The molecule has 1 heterocycles. The summed E-state index contributed by atoms with van der Waals surface area (Å²) in [5.74, 6) is 0. The average Bonchev–Trinajstić information content (AvgIpc) is 2.25. The number of hydrogen-bond donors (Lipinski definition) is 4. The van der Waals surface area contributed by atoms with Gasteiger partial charge in [-0.1, -0.05) is 0 Å². The maximum absolute atomic E-state index is 9.58. The second-order valence-corrected chi connectivity index (χ2v) is 3.45. The summed E-state index contributed by atoms with van der Waals surface area (Å²) >= 11 is 0. The van der Waals surface area contributed by atoms with Crippen molar-refractivity contribution in [3.63, 3.8) is 0 Å². The van der Waals surface area contributed by atoms with Crippen LogP contribution in [0.3, 0.4) is 0 Å². The number of aliphatic hydroxyl groups excluding tert-OH is 4. The number of likely N-dealkylation sites (N-methyl/N-ethyl adjacent to an activating group) is 1. The maximum Gasteiger partial charge on any atom is 0.161 e. The molecule has 5 atom stereocenters. The lowest BCUT2D eigenvalue weighted by molar-refractivity contribution is -0.320. The fraction of sp³-hybridized carbons (Fsp3) is 1.00. The van der Waals surface area contributed by atoms with Crippen LogP contribution in [0.2, 0.25) is 0 Å². The van der Waals surface area contributed by atoms with Crippen molar-refractivity contribution in [3.05, 3.63) is 0 Å². The standard InChI is InChI=1S/C8H17NO6/c1-9(14-2)8-7(13)6(12)5(11)4(3-10)15-8/h4-8,10-13H,3H2,1-2H3/t4?,5-,6?,7?,8-/m1/s1. The Morgan fingerprint density at radius 3 is 2.27 bits per heavy atom. The Morgan fingerprint density at radius 2 is 1.80 bits per heavy atom. The van der Waals surface area contributed by atoms with E-state index in [0.717, 1.165) is 0 Å². The molecule has 1 rings (SSSR count). The van der Waals surface area contributed by atoms with Crippen LogP contribution in [-0.2, 0) is 9.57 Å². The van der Waals surface area contributed by atoms with Gasteiger partial charge in [0.05, 0.1) is 13.7 Å². The van der Waals surface area contributed by atoms with Crippen LogP contribution >= 0.6 is 0 Å². The van der Waals surface area contributed by atoms with Crippen LogP contribution in [0.25, 0.3) is 0 Å². The van der Waals surface area contributed by atoms with Gasteiger partial charge in [0, 0.05) is 7.05 Å².